The Morgan fingerprint density at radius 1 is 0.706 bits per heavy atom. The van der Waals surface area contributed by atoms with E-state index in [0.29, 0.717) is 11.5 Å². The number of phenolic OH excluding ortho intramolecular Hbond substituents is 2. The highest BCUT2D eigenvalue weighted by molar-refractivity contribution is 9.10. The van der Waals surface area contributed by atoms with Crippen molar-refractivity contribution in [1.82, 2.24) is 0 Å². The fourth-order valence-electron chi connectivity index (χ4n) is 8.40. The molecule has 6 atom stereocenters. The summed E-state index contributed by atoms with van der Waals surface area (Å²) in [5.41, 5.74) is 5.99. The van der Waals surface area contributed by atoms with Crippen LogP contribution in [0.15, 0.2) is 21.1 Å². The van der Waals surface area contributed by atoms with Gasteiger partial charge in [-0.1, -0.05) is 59.6 Å². The van der Waals surface area contributed by atoms with Crippen molar-refractivity contribution in [2.45, 2.75) is 90.9 Å². The van der Waals surface area contributed by atoms with Crippen molar-refractivity contribution >= 4 is 31.9 Å². The molecule has 6 rings (SSSR count). The quantitative estimate of drug-likeness (QED) is 0.376. The van der Waals surface area contributed by atoms with E-state index >= 15 is 0 Å². The molecule has 0 unspecified atom stereocenters. The van der Waals surface area contributed by atoms with Crippen LogP contribution in [-0.4, -0.2) is 10.2 Å². The van der Waals surface area contributed by atoms with Gasteiger partial charge in [0.25, 0.3) is 0 Å². The Labute approximate surface area is 220 Å². The third-order valence-corrected chi connectivity index (χ3v) is 13.4. The number of hydrogen-bond acceptors (Lipinski definition) is 2. The zero-order chi connectivity index (χ0) is 24.6. The Balaban J connectivity index is 1.61. The van der Waals surface area contributed by atoms with Gasteiger partial charge >= 0.3 is 0 Å². The molecule has 0 bridgehead atoms. The van der Waals surface area contributed by atoms with Crippen molar-refractivity contribution in [3.8, 4) is 22.6 Å². The van der Waals surface area contributed by atoms with Gasteiger partial charge in [-0.15, -0.1) is 0 Å². The summed E-state index contributed by atoms with van der Waals surface area (Å²) in [6.45, 7) is 13.6. The molecule has 0 amide bonds. The summed E-state index contributed by atoms with van der Waals surface area (Å²) in [5, 5.41) is 23.9. The molecule has 4 saturated carbocycles. The lowest BCUT2D eigenvalue weighted by Gasteiger charge is -2.37. The Hall–Kier alpha value is -1.00. The van der Waals surface area contributed by atoms with Crippen LogP contribution in [0.25, 0.3) is 11.1 Å². The minimum atomic E-state index is -0.0583. The minimum absolute atomic E-state index is 0.0583. The standard InChI is InChI=1S/C30H36Br2O2/c1-15-21(31)11-19(27(3)9-7-17-13-29(17,27)5)25(33)23(15)24-16(2)22(32)12-20(26(24)34)28(4)10-8-18-14-30(18,28)6/h11-12,17-18,33-34H,7-10,13-14H2,1-6H3/t17-,18-,27-,28-,29+,30+/m1/s1. The largest absolute Gasteiger partial charge is 0.507 e. The number of hydrogen-bond donors (Lipinski definition) is 2. The average molecular weight is 588 g/mol. The molecule has 2 N–H and O–H groups in total. The van der Waals surface area contributed by atoms with Crippen LogP contribution >= 0.6 is 31.9 Å². The first-order valence-corrected chi connectivity index (χ1v) is 14.4. The molecular weight excluding hydrogens is 552 g/mol. The van der Waals surface area contributed by atoms with Crippen molar-refractivity contribution in [3.63, 3.8) is 0 Å². The van der Waals surface area contributed by atoms with E-state index in [9.17, 15) is 10.2 Å². The zero-order valence-electron chi connectivity index (χ0n) is 21.2. The van der Waals surface area contributed by atoms with Crippen LogP contribution < -0.4 is 0 Å². The Kier molecular flexibility index (Phi) is 4.72. The van der Waals surface area contributed by atoms with E-state index in [2.05, 4.69) is 85.5 Å². The molecule has 4 aliphatic rings. The third-order valence-electron chi connectivity index (χ3n) is 11.8. The fraction of sp³-hybridized carbons (Fsp3) is 0.600. The summed E-state index contributed by atoms with van der Waals surface area (Å²) < 4.78 is 2.01. The van der Waals surface area contributed by atoms with Gasteiger partial charge in [0.2, 0.25) is 0 Å². The number of rotatable bonds is 3. The second kappa shape index (κ2) is 6.85. The number of aromatic hydroxyl groups is 2. The lowest BCUT2D eigenvalue weighted by Crippen LogP contribution is -2.30. The summed E-state index contributed by atoms with van der Waals surface area (Å²) in [6, 6.07) is 4.30. The van der Waals surface area contributed by atoms with Gasteiger partial charge in [0.1, 0.15) is 11.5 Å². The number of phenols is 2. The molecule has 34 heavy (non-hydrogen) atoms. The van der Waals surface area contributed by atoms with Gasteiger partial charge in [-0.25, -0.2) is 0 Å². The van der Waals surface area contributed by atoms with E-state index < -0.39 is 0 Å². The Bertz CT molecular complexity index is 1170. The van der Waals surface area contributed by atoms with Crippen LogP contribution in [0.4, 0.5) is 0 Å². The van der Waals surface area contributed by atoms with Crippen LogP contribution in [0.1, 0.15) is 88.5 Å². The van der Waals surface area contributed by atoms with E-state index in [-0.39, 0.29) is 21.7 Å². The SMILES string of the molecule is Cc1c(Br)cc([C@@]2(C)CC[C@@H]3C[C@@]32C)c(O)c1-c1c(C)c(Br)cc([C@@]2(C)CC[C@@H]3C[C@@]32C)c1O. The highest BCUT2D eigenvalue weighted by Gasteiger charge is 2.67. The summed E-state index contributed by atoms with van der Waals surface area (Å²) in [4.78, 5) is 0. The highest BCUT2D eigenvalue weighted by atomic mass is 79.9. The Morgan fingerprint density at radius 2 is 1.06 bits per heavy atom. The predicted molar refractivity (Wildman–Crippen MR) is 146 cm³/mol. The maximum Gasteiger partial charge on any atom is 0.127 e. The molecule has 0 spiro atoms. The molecular formula is C30H36Br2O2. The van der Waals surface area contributed by atoms with Crippen molar-refractivity contribution < 1.29 is 10.2 Å². The fourth-order valence-corrected chi connectivity index (χ4v) is 9.26. The molecule has 182 valence electrons. The maximum atomic E-state index is 11.9. The van der Waals surface area contributed by atoms with Crippen molar-refractivity contribution in [2.75, 3.05) is 0 Å². The molecule has 0 heterocycles. The summed E-state index contributed by atoms with van der Waals surface area (Å²) in [6.07, 6.45) is 7.15. The van der Waals surface area contributed by atoms with E-state index in [4.69, 9.17) is 0 Å². The van der Waals surface area contributed by atoms with E-state index in [1.54, 1.807) is 0 Å². The van der Waals surface area contributed by atoms with Crippen LogP contribution in [0.5, 0.6) is 11.5 Å². The molecule has 0 saturated heterocycles. The molecule has 4 fully saturated rings. The van der Waals surface area contributed by atoms with Crippen molar-refractivity contribution in [3.05, 3.63) is 43.3 Å². The number of fused-ring (bicyclic) bond motifs is 2. The van der Waals surface area contributed by atoms with Crippen LogP contribution in [0, 0.1) is 36.5 Å². The van der Waals surface area contributed by atoms with Crippen LogP contribution in [0.2, 0.25) is 0 Å². The number of halogens is 2. The monoisotopic (exact) mass is 586 g/mol. The van der Waals surface area contributed by atoms with Crippen molar-refractivity contribution in [1.29, 1.82) is 0 Å². The number of benzene rings is 2. The van der Waals surface area contributed by atoms with Gasteiger partial charge in [0, 0.05) is 42.0 Å². The summed E-state index contributed by atoms with van der Waals surface area (Å²) in [7, 11) is 0. The molecule has 2 aromatic rings. The third kappa shape index (κ3) is 2.63. The minimum Gasteiger partial charge on any atom is -0.507 e. The van der Waals surface area contributed by atoms with E-state index in [1.807, 2.05) is 0 Å². The predicted octanol–water partition coefficient (Wildman–Crippen LogP) is 9.06. The smallest absolute Gasteiger partial charge is 0.127 e. The van der Waals surface area contributed by atoms with Gasteiger partial charge in [-0.05, 0) is 98.3 Å². The van der Waals surface area contributed by atoms with E-state index in [0.717, 1.165) is 67.0 Å². The Morgan fingerprint density at radius 3 is 1.32 bits per heavy atom. The van der Waals surface area contributed by atoms with Gasteiger partial charge < -0.3 is 10.2 Å². The average Bonchev–Trinajstić information content (AvgIpc) is 3.61. The molecule has 4 heteroatoms. The molecule has 0 aromatic heterocycles. The molecule has 2 aromatic carbocycles. The second-order valence-corrected chi connectivity index (χ2v) is 14.6. The maximum absolute atomic E-state index is 11.9. The first kappa shape index (κ1) is 23.4. The topological polar surface area (TPSA) is 40.5 Å². The van der Waals surface area contributed by atoms with Crippen LogP contribution in [-0.2, 0) is 10.8 Å². The van der Waals surface area contributed by atoms with Gasteiger partial charge in [0.05, 0.1) is 0 Å². The molecule has 4 aliphatic carbocycles. The van der Waals surface area contributed by atoms with E-state index in [1.165, 1.54) is 25.7 Å². The normalized spacial score (nSPS) is 39.8. The van der Waals surface area contributed by atoms with Gasteiger partial charge in [-0.2, -0.15) is 0 Å². The van der Waals surface area contributed by atoms with Crippen LogP contribution in [0.3, 0.4) is 0 Å². The lowest BCUT2D eigenvalue weighted by atomic mass is 9.68. The molecule has 0 radical (unpaired) electrons. The first-order valence-electron chi connectivity index (χ1n) is 12.9. The second-order valence-electron chi connectivity index (χ2n) is 12.9. The summed E-state index contributed by atoms with van der Waals surface area (Å²) in [5.74, 6) is 2.24. The lowest BCUT2D eigenvalue weighted by molar-refractivity contribution is 0.298. The van der Waals surface area contributed by atoms with Gasteiger partial charge in [0.15, 0.2) is 0 Å². The molecule has 0 aliphatic heterocycles. The molecule has 2 nitrogen and oxygen atoms in total. The van der Waals surface area contributed by atoms with Gasteiger partial charge in [-0.3, -0.25) is 0 Å². The first-order chi connectivity index (χ1) is 15.8. The summed E-state index contributed by atoms with van der Waals surface area (Å²) >= 11 is 7.67. The van der Waals surface area contributed by atoms with Crippen molar-refractivity contribution in [2.24, 2.45) is 22.7 Å². The zero-order valence-corrected chi connectivity index (χ0v) is 24.4. The highest BCUT2D eigenvalue weighted by Crippen LogP contribution is 2.75.